The molecule has 0 fully saturated rings. The molecule has 0 aliphatic heterocycles. The van der Waals surface area contributed by atoms with Crippen LogP contribution >= 0.6 is 23.4 Å². The van der Waals surface area contributed by atoms with Crippen molar-refractivity contribution in [3.8, 4) is 0 Å². The number of ketones is 1. The molecule has 0 atom stereocenters. The molecule has 0 unspecified atom stereocenters. The number of Topliss-reactive ketones (excluding diaryl/α,β-unsaturated/α-hetero) is 1. The molecule has 0 saturated carbocycles. The van der Waals surface area contributed by atoms with Gasteiger partial charge in [0.2, 0.25) is 0 Å². The van der Waals surface area contributed by atoms with Crippen molar-refractivity contribution in [1.82, 2.24) is 0 Å². The number of hydrogen-bond acceptors (Lipinski definition) is 2. The molecule has 1 aromatic carbocycles. The van der Waals surface area contributed by atoms with Gasteiger partial charge in [-0.1, -0.05) is 11.6 Å². The van der Waals surface area contributed by atoms with Crippen LogP contribution in [0.15, 0.2) is 18.2 Å². The minimum atomic E-state index is -0.500. The first kappa shape index (κ1) is 11.5. The van der Waals surface area contributed by atoms with E-state index in [2.05, 4.69) is 0 Å². The first-order valence-electron chi connectivity index (χ1n) is 4.12. The lowest BCUT2D eigenvalue weighted by Gasteiger charge is -2.01. The molecule has 1 aromatic rings. The van der Waals surface area contributed by atoms with Gasteiger partial charge < -0.3 is 0 Å². The van der Waals surface area contributed by atoms with Crippen LogP contribution in [0, 0.1) is 5.82 Å². The van der Waals surface area contributed by atoms with E-state index in [1.807, 2.05) is 6.26 Å². The molecule has 0 N–H and O–H groups in total. The van der Waals surface area contributed by atoms with Gasteiger partial charge in [-0.2, -0.15) is 11.8 Å². The number of halogens is 2. The average molecular weight is 233 g/mol. The summed E-state index contributed by atoms with van der Waals surface area (Å²) in [6.07, 6.45) is 2.25. The standard InChI is InChI=1S/C10H10ClFOS/c1-14-5-4-10(13)8-6-7(11)2-3-9(8)12/h2-3,6H,4-5H2,1H3. The van der Waals surface area contributed by atoms with Crippen LogP contribution in [0.2, 0.25) is 5.02 Å². The molecule has 14 heavy (non-hydrogen) atoms. The largest absolute Gasteiger partial charge is 0.294 e. The van der Waals surface area contributed by atoms with Crippen LogP contribution in [0.5, 0.6) is 0 Å². The third-order valence-corrected chi connectivity index (χ3v) is 2.61. The van der Waals surface area contributed by atoms with Gasteiger partial charge in [0.05, 0.1) is 5.56 Å². The Morgan fingerprint density at radius 2 is 2.29 bits per heavy atom. The Kier molecular flexibility index (Phi) is 4.42. The number of thioether (sulfide) groups is 1. The van der Waals surface area contributed by atoms with Crippen molar-refractivity contribution in [3.63, 3.8) is 0 Å². The zero-order valence-corrected chi connectivity index (χ0v) is 9.29. The molecule has 0 bridgehead atoms. The zero-order chi connectivity index (χ0) is 10.6. The second-order valence-corrected chi connectivity index (χ2v) is 4.21. The van der Waals surface area contributed by atoms with Gasteiger partial charge in [-0.15, -0.1) is 0 Å². The van der Waals surface area contributed by atoms with Crippen molar-refractivity contribution < 1.29 is 9.18 Å². The average Bonchev–Trinajstić information content (AvgIpc) is 2.18. The molecule has 0 aromatic heterocycles. The van der Waals surface area contributed by atoms with E-state index in [9.17, 15) is 9.18 Å². The quantitative estimate of drug-likeness (QED) is 0.740. The Balaban J connectivity index is 2.83. The van der Waals surface area contributed by atoms with E-state index in [4.69, 9.17) is 11.6 Å². The van der Waals surface area contributed by atoms with E-state index >= 15 is 0 Å². The second-order valence-electron chi connectivity index (χ2n) is 2.79. The van der Waals surface area contributed by atoms with Crippen LogP contribution in [0.1, 0.15) is 16.8 Å². The van der Waals surface area contributed by atoms with E-state index in [1.165, 1.54) is 18.2 Å². The molecule has 0 heterocycles. The Morgan fingerprint density at radius 1 is 1.57 bits per heavy atom. The fraction of sp³-hybridized carbons (Fsp3) is 0.300. The fourth-order valence-electron chi connectivity index (χ4n) is 1.04. The summed E-state index contributed by atoms with van der Waals surface area (Å²) in [4.78, 5) is 11.5. The van der Waals surface area contributed by atoms with E-state index in [-0.39, 0.29) is 11.3 Å². The highest BCUT2D eigenvalue weighted by Crippen LogP contribution is 2.16. The number of carbonyl (C=O) groups excluding carboxylic acids is 1. The van der Waals surface area contributed by atoms with Crippen molar-refractivity contribution in [1.29, 1.82) is 0 Å². The van der Waals surface area contributed by atoms with Crippen LogP contribution in [-0.4, -0.2) is 17.8 Å². The fourth-order valence-corrected chi connectivity index (χ4v) is 1.60. The predicted octanol–water partition coefficient (Wildman–Crippen LogP) is 3.41. The summed E-state index contributed by atoms with van der Waals surface area (Å²) in [7, 11) is 0. The van der Waals surface area contributed by atoms with Crippen molar-refractivity contribution in [2.24, 2.45) is 0 Å². The minimum Gasteiger partial charge on any atom is -0.294 e. The summed E-state index contributed by atoms with van der Waals surface area (Å²) in [5, 5.41) is 0.388. The third-order valence-electron chi connectivity index (χ3n) is 1.76. The molecule has 1 rings (SSSR count). The predicted molar refractivity (Wildman–Crippen MR) is 58.7 cm³/mol. The Labute approximate surface area is 91.6 Å². The normalized spacial score (nSPS) is 10.2. The molecule has 0 aliphatic carbocycles. The SMILES string of the molecule is CSCCC(=O)c1cc(Cl)ccc1F. The molecule has 0 amide bonds. The summed E-state index contributed by atoms with van der Waals surface area (Å²) in [6.45, 7) is 0. The smallest absolute Gasteiger partial charge is 0.166 e. The van der Waals surface area contributed by atoms with Gasteiger partial charge in [0, 0.05) is 17.2 Å². The highest BCUT2D eigenvalue weighted by molar-refractivity contribution is 7.98. The van der Waals surface area contributed by atoms with Crippen LogP contribution in [-0.2, 0) is 0 Å². The second kappa shape index (κ2) is 5.37. The molecule has 4 heteroatoms. The maximum absolute atomic E-state index is 13.2. The maximum Gasteiger partial charge on any atom is 0.166 e. The zero-order valence-electron chi connectivity index (χ0n) is 7.72. The lowest BCUT2D eigenvalue weighted by Crippen LogP contribution is -2.03. The molecule has 76 valence electrons. The van der Waals surface area contributed by atoms with E-state index in [0.29, 0.717) is 17.2 Å². The Morgan fingerprint density at radius 3 is 2.93 bits per heavy atom. The molecular weight excluding hydrogens is 223 g/mol. The van der Waals surface area contributed by atoms with Gasteiger partial charge >= 0.3 is 0 Å². The highest BCUT2D eigenvalue weighted by Gasteiger charge is 2.11. The maximum atomic E-state index is 13.2. The highest BCUT2D eigenvalue weighted by atomic mass is 35.5. The topological polar surface area (TPSA) is 17.1 Å². The molecule has 0 spiro atoms. The summed E-state index contributed by atoms with van der Waals surface area (Å²) in [5.74, 6) is 0.00461. The number of carbonyl (C=O) groups is 1. The summed E-state index contributed by atoms with van der Waals surface area (Å²) in [5.41, 5.74) is 0.0894. The molecular formula is C10H10ClFOS. The van der Waals surface area contributed by atoms with E-state index in [1.54, 1.807) is 11.8 Å². The lowest BCUT2D eigenvalue weighted by molar-refractivity contribution is 0.0985. The van der Waals surface area contributed by atoms with Crippen LogP contribution < -0.4 is 0 Å². The molecule has 1 nitrogen and oxygen atoms in total. The van der Waals surface area contributed by atoms with Gasteiger partial charge in [-0.05, 0) is 24.5 Å². The summed E-state index contributed by atoms with van der Waals surface area (Å²) in [6, 6.07) is 4.02. The van der Waals surface area contributed by atoms with Gasteiger partial charge in [0.1, 0.15) is 5.82 Å². The minimum absolute atomic E-state index is 0.0894. The van der Waals surface area contributed by atoms with Gasteiger partial charge in [-0.3, -0.25) is 4.79 Å². The number of rotatable bonds is 4. The van der Waals surface area contributed by atoms with Crippen molar-refractivity contribution in [3.05, 3.63) is 34.6 Å². The summed E-state index contributed by atoms with van der Waals surface area (Å²) >= 11 is 7.23. The molecule has 0 aliphatic rings. The van der Waals surface area contributed by atoms with Crippen LogP contribution in [0.25, 0.3) is 0 Å². The van der Waals surface area contributed by atoms with Crippen molar-refractivity contribution in [2.45, 2.75) is 6.42 Å². The monoisotopic (exact) mass is 232 g/mol. The lowest BCUT2D eigenvalue weighted by atomic mass is 10.1. The number of benzene rings is 1. The Bertz CT molecular complexity index is 341. The number of hydrogen-bond donors (Lipinski definition) is 0. The first-order chi connectivity index (χ1) is 6.65. The van der Waals surface area contributed by atoms with Gasteiger partial charge in [0.25, 0.3) is 0 Å². The van der Waals surface area contributed by atoms with Gasteiger partial charge in [0.15, 0.2) is 5.78 Å². The third kappa shape index (κ3) is 3.00. The van der Waals surface area contributed by atoms with Crippen molar-refractivity contribution in [2.75, 3.05) is 12.0 Å². The molecule has 0 saturated heterocycles. The molecule has 0 radical (unpaired) electrons. The van der Waals surface area contributed by atoms with Crippen LogP contribution in [0.4, 0.5) is 4.39 Å². The van der Waals surface area contributed by atoms with Crippen molar-refractivity contribution >= 4 is 29.1 Å². The van der Waals surface area contributed by atoms with Gasteiger partial charge in [-0.25, -0.2) is 4.39 Å². The Hall–Kier alpha value is -0.540. The first-order valence-corrected chi connectivity index (χ1v) is 5.89. The van der Waals surface area contributed by atoms with Crippen LogP contribution in [0.3, 0.4) is 0 Å². The summed E-state index contributed by atoms with van der Waals surface area (Å²) < 4.78 is 13.2. The van der Waals surface area contributed by atoms with E-state index in [0.717, 1.165) is 0 Å². The van der Waals surface area contributed by atoms with E-state index < -0.39 is 5.82 Å².